The summed E-state index contributed by atoms with van der Waals surface area (Å²) in [5, 5.41) is 14.7. The maximum atomic E-state index is 4.50. The van der Waals surface area contributed by atoms with Gasteiger partial charge in [-0.1, -0.05) is 37.3 Å². The van der Waals surface area contributed by atoms with Crippen LogP contribution in [0.2, 0.25) is 0 Å². The highest BCUT2D eigenvalue weighted by Gasteiger charge is 2.05. The van der Waals surface area contributed by atoms with E-state index in [1.165, 1.54) is 5.56 Å². The predicted molar refractivity (Wildman–Crippen MR) is 110 cm³/mol. The predicted octanol–water partition coefficient (Wildman–Crippen LogP) is 1.49. The third-order valence-electron chi connectivity index (χ3n) is 4.52. The largest absolute Gasteiger partial charge is 0.356 e. The first-order valence-corrected chi connectivity index (χ1v) is 9.65. The zero-order chi connectivity index (χ0) is 19.6. The molecule has 28 heavy (non-hydrogen) atoms. The molecule has 2 heterocycles. The molecule has 0 fully saturated rings. The summed E-state index contributed by atoms with van der Waals surface area (Å²) in [6.45, 7) is 5.24. The lowest BCUT2D eigenvalue weighted by atomic mass is 10.2. The normalized spacial score (nSPS) is 11.6. The number of hydrogen-bond donors (Lipinski definition) is 2. The first-order chi connectivity index (χ1) is 13.8. The van der Waals surface area contributed by atoms with Crippen LogP contribution >= 0.6 is 0 Å². The van der Waals surface area contributed by atoms with E-state index < -0.39 is 0 Å². The number of aryl methyl sites for hydroxylation is 1. The van der Waals surface area contributed by atoms with Crippen LogP contribution in [-0.4, -0.2) is 50.4 Å². The molecular weight excluding hydrogens is 352 g/mol. The Hall–Kier alpha value is -3.16. The summed E-state index contributed by atoms with van der Waals surface area (Å²) in [6.07, 6.45) is 7.35. The second-order valence-electron chi connectivity index (χ2n) is 6.43. The number of guanidine groups is 1. The lowest BCUT2D eigenvalue weighted by Crippen LogP contribution is -2.40. The van der Waals surface area contributed by atoms with Gasteiger partial charge in [-0.3, -0.25) is 4.99 Å². The Bertz CT molecular complexity index is 865. The van der Waals surface area contributed by atoms with Crippen LogP contribution in [0.25, 0.3) is 0 Å². The van der Waals surface area contributed by atoms with Crippen LogP contribution in [-0.2, 0) is 25.9 Å². The third-order valence-corrected chi connectivity index (χ3v) is 4.52. The van der Waals surface area contributed by atoms with Gasteiger partial charge in [-0.15, -0.1) is 10.2 Å². The van der Waals surface area contributed by atoms with E-state index in [4.69, 9.17) is 0 Å². The molecule has 0 aliphatic carbocycles. The fraction of sp³-hybridized carbons (Fsp3) is 0.400. The smallest absolute Gasteiger partial charge is 0.191 e. The molecule has 2 N–H and O–H groups in total. The van der Waals surface area contributed by atoms with Crippen molar-refractivity contribution in [3.8, 4) is 0 Å². The minimum Gasteiger partial charge on any atom is -0.356 e. The first kappa shape index (κ1) is 19.6. The van der Waals surface area contributed by atoms with Crippen LogP contribution in [0.5, 0.6) is 0 Å². The average Bonchev–Trinajstić information content (AvgIpc) is 3.36. The fourth-order valence-corrected chi connectivity index (χ4v) is 3.04. The lowest BCUT2D eigenvalue weighted by molar-refractivity contribution is 0.630. The number of aromatic nitrogens is 5. The fourth-order valence-electron chi connectivity index (χ4n) is 3.04. The average molecular weight is 381 g/mol. The van der Waals surface area contributed by atoms with Crippen molar-refractivity contribution in [3.63, 3.8) is 0 Å². The summed E-state index contributed by atoms with van der Waals surface area (Å²) in [5.74, 6) is 2.84. The van der Waals surface area contributed by atoms with E-state index in [9.17, 15) is 0 Å². The van der Waals surface area contributed by atoms with Crippen LogP contribution in [0, 0.1) is 0 Å². The second-order valence-corrected chi connectivity index (χ2v) is 6.43. The van der Waals surface area contributed by atoms with Crippen molar-refractivity contribution in [2.75, 3.05) is 20.1 Å². The number of rotatable bonds is 9. The SMILES string of the molecule is CCc1nncn1CCNC(=NC)NCCc1nccn1Cc1ccccc1. The molecule has 0 spiro atoms. The summed E-state index contributed by atoms with van der Waals surface area (Å²) in [5.41, 5.74) is 1.27. The molecule has 0 bridgehead atoms. The highest BCUT2D eigenvalue weighted by molar-refractivity contribution is 5.79. The van der Waals surface area contributed by atoms with Gasteiger partial charge in [0.2, 0.25) is 0 Å². The summed E-state index contributed by atoms with van der Waals surface area (Å²) in [6, 6.07) is 10.4. The van der Waals surface area contributed by atoms with E-state index in [0.717, 1.165) is 56.6 Å². The number of imidazole rings is 1. The Balaban J connectivity index is 1.43. The molecule has 1 aromatic carbocycles. The molecule has 0 saturated heterocycles. The highest BCUT2D eigenvalue weighted by atomic mass is 15.3. The van der Waals surface area contributed by atoms with E-state index >= 15 is 0 Å². The summed E-state index contributed by atoms with van der Waals surface area (Å²) >= 11 is 0. The van der Waals surface area contributed by atoms with Crippen molar-refractivity contribution in [2.45, 2.75) is 32.9 Å². The first-order valence-electron chi connectivity index (χ1n) is 9.65. The van der Waals surface area contributed by atoms with Gasteiger partial charge in [0, 0.05) is 58.5 Å². The van der Waals surface area contributed by atoms with Gasteiger partial charge in [0.05, 0.1) is 0 Å². The maximum absolute atomic E-state index is 4.50. The molecule has 0 unspecified atom stereocenters. The van der Waals surface area contributed by atoms with Crippen LogP contribution < -0.4 is 10.6 Å². The third kappa shape index (κ3) is 5.42. The number of aliphatic imine (C=N–C) groups is 1. The number of hydrogen-bond acceptors (Lipinski definition) is 4. The van der Waals surface area contributed by atoms with Gasteiger partial charge >= 0.3 is 0 Å². The van der Waals surface area contributed by atoms with Gasteiger partial charge in [-0.05, 0) is 5.56 Å². The number of benzene rings is 1. The summed E-state index contributed by atoms with van der Waals surface area (Å²) in [7, 11) is 1.78. The Morgan fingerprint density at radius 1 is 1.07 bits per heavy atom. The topological polar surface area (TPSA) is 84.9 Å². The number of nitrogens with one attached hydrogen (secondary N) is 2. The molecule has 8 nitrogen and oxygen atoms in total. The van der Waals surface area contributed by atoms with E-state index in [1.807, 2.05) is 18.5 Å². The van der Waals surface area contributed by atoms with E-state index in [0.29, 0.717) is 0 Å². The van der Waals surface area contributed by atoms with Crippen molar-refractivity contribution >= 4 is 5.96 Å². The minimum atomic E-state index is 0.757. The number of nitrogens with zero attached hydrogens (tertiary/aromatic N) is 6. The molecule has 3 rings (SSSR count). The Kier molecular flexibility index (Phi) is 7.17. The van der Waals surface area contributed by atoms with Crippen LogP contribution in [0.3, 0.4) is 0 Å². The molecule has 0 atom stereocenters. The Morgan fingerprint density at radius 3 is 2.68 bits per heavy atom. The van der Waals surface area contributed by atoms with Gasteiger partial charge < -0.3 is 19.8 Å². The highest BCUT2D eigenvalue weighted by Crippen LogP contribution is 2.05. The minimum absolute atomic E-state index is 0.757. The zero-order valence-electron chi connectivity index (χ0n) is 16.5. The van der Waals surface area contributed by atoms with E-state index in [1.54, 1.807) is 13.4 Å². The van der Waals surface area contributed by atoms with E-state index in [2.05, 4.69) is 71.1 Å². The van der Waals surface area contributed by atoms with Gasteiger partial charge in [-0.25, -0.2) is 4.98 Å². The monoisotopic (exact) mass is 380 g/mol. The lowest BCUT2D eigenvalue weighted by Gasteiger charge is -2.13. The molecule has 148 valence electrons. The van der Waals surface area contributed by atoms with Crippen molar-refractivity contribution in [2.24, 2.45) is 4.99 Å². The van der Waals surface area contributed by atoms with Crippen LogP contribution in [0.1, 0.15) is 24.1 Å². The molecular formula is C20H28N8. The molecule has 0 radical (unpaired) electrons. The molecule has 0 saturated carbocycles. The van der Waals surface area contributed by atoms with Crippen LogP contribution in [0.4, 0.5) is 0 Å². The Labute approximate surface area is 165 Å². The standard InChI is InChI=1S/C20H28N8/c1-3-18-26-25-16-28(18)14-12-24-20(21-2)23-10-9-19-22-11-13-27(19)15-17-7-5-4-6-8-17/h4-8,11,13,16H,3,9-10,12,14-15H2,1-2H3,(H2,21,23,24). The molecule has 3 aromatic rings. The van der Waals surface area contributed by atoms with Gasteiger partial charge in [-0.2, -0.15) is 0 Å². The quantitative estimate of drug-likeness (QED) is 0.434. The maximum Gasteiger partial charge on any atom is 0.191 e. The molecule has 2 aromatic heterocycles. The summed E-state index contributed by atoms with van der Waals surface area (Å²) < 4.78 is 4.24. The van der Waals surface area contributed by atoms with Crippen molar-refractivity contribution in [1.29, 1.82) is 0 Å². The van der Waals surface area contributed by atoms with Crippen molar-refractivity contribution in [3.05, 3.63) is 66.3 Å². The molecule has 0 aliphatic rings. The van der Waals surface area contributed by atoms with Gasteiger partial charge in [0.15, 0.2) is 5.96 Å². The van der Waals surface area contributed by atoms with Crippen molar-refractivity contribution < 1.29 is 0 Å². The van der Waals surface area contributed by atoms with Gasteiger partial charge in [0.25, 0.3) is 0 Å². The molecule has 8 heteroatoms. The van der Waals surface area contributed by atoms with Crippen LogP contribution in [0.15, 0.2) is 54.0 Å². The van der Waals surface area contributed by atoms with E-state index in [-0.39, 0.29) is 0 Å². The van der Waals surface area contributed by atoms with Crippen molar-refractivity contribution in [1.82, 2.24) is 34.9 Å². The summed E-state index contributed by atoms with van der Waals surface area (Å²) in [4.78, 5) is 8.78. The zero-order valence-corrected chi connectivity index (χ0v) is 16.5. The molecule has 0 aliphatic heterocycles. The Morgan fingerprint density at radius 2 is 1.89 bits per heavy atom. The molecule has 0 amide bonds. The second kappa shape index (κ2) is 10.2. The van der Waals surface area contributed by atoms with Gasteiger partial charge in [0.1, 0.15) is 18.0 Å².